The fourth-order valence-corrected chi connectivity index (χ4v) is 2.43. The molecule has 0 bridgehead atoms. The molecule has 5 heteroatoms. The zero-order valence-electron chi connectivity index (χ0n) is 14.1. The molecule has 0 saturated heterocycles. The number of pyridine rings is 2. The Morgan fingerprint density at radius 1 is 1.00 bits per heavy atom. The average molecular weight is 332 g/mol. The topological polar surface area (TPSA) is 66.9 Å². The molecule has 0 saturated carbocycles. The lowest BCUT2D eigenvalue weighted by atomic mass is 10.1. The maximum atomic E-state index is 12.2. The highest BCUT2D eigenvalue weighted by molar-refractivity contribution is 5.92. The van der Waals surface area contributed by atoms with Crippen LogP contribution in [0, 0.1) is 6.92 Å². The van der Waals surface area contributed by atoms with E-state index >= 15 is 0 Å². The van der Waals surface area contributed by atoms with Crippen molar-refractivity contribution in [3.8, 4) is 0 Å². The van der Waals surface area contributed by atoms with Gasteiger partial charge in [0.25, 0.3) is 5.91 Å². The summed E-state index contributed by atoms with van der Waals surface area (Å²) in [7, 11) is 0. The van der Waals surface area contributed by atoms with E-state index in [1.807, 2.05) is 49.5 Å². The minimum absolute atomic E-state index is 0.180. The van der Waals surface area contributed by atoms with E-state index in [-0.39, 0.29) is 5.91 Å². The maximum Gasteiger partial charge on any atom is 0.270 e. The minimum Gasteiger partial charge on any atom is -0.380 e. The van der Waals surface area contributed by atoms with E-state index in [2.05, 4.69) is 26.7 Å². The molecule has 2 N–H and O–H groups in total. The zero-order valence-corrected chi connectivity index (χ0v) is 14.1. The second-order valence-corrected chi connectivity index (χ2v) is 5.82. The number of nitrogens with zero attached hydrogens (tertiary/aromatic N) is 2. The molecular formula is C20H20N4O. The Kier molecular flexibility index (Phi) is 5.36. The van der Waals surface area contributed by atoms with Crippen LogP contribution in [0.1, 0.15) is 27.2 Å². The predicted molar refractivity (Wildman–Crippen MR) is 98.1 cm³/mol. The summed E-state index contributed by atoms with van der Waals surface area (Å²) in [5, 5.41) is 6.15. The van der Waals surface area contributed by atoms with Crippen LogP contribution in [0.5, 0.6) is 0 Å². The van der Waals surface area contributed by atoms with Crippen molar-refractivity contribution in [3.63, 3.8) is 0 Å². The minimum atomic E-state index is -0.180. The molecule has 0 unspecified atom stereocenters. The van der Waals surface area contributed by atoms with Crippen LogP contribution in [-0.2, 0) is 13.1 Å². The number of carbonyl (C=O) groups excluding carboxylic acids is 1. The molecule has 25 heavy (non-hydrogen) atoms. The first-order valence-electron chi connectivity index (χ1n) is 8.13. The smallest absolute Gasteiger partial charge is 0.270 e. The molecule has 1 amide bonds. The zero-order chi connectivity index (χ0) is 17.5. The number of hydrogen-bond acceptors (Lipinski definition) is 4. The summed E-state index contributed by atoms with van der Waals surface area (Å²) < 4.78 is 0. The molecule has 3 aromatic rings. The van der Waals surface area contributed by atoms with Gasteiger partial charge in [-0.3, -0.25) is 9.78 Å². The molecule has 1 aromatic carbocycles. The highest BCUT2D eigenvalue weighted by Crippen LogP contribution is 2.09. The van der Waals surface area contributed by atoms with Crippen molar-refractivity contribution in [1.29, 1.82) is 0 Å². The summed E-state index contributed by atoms with van der Waals surface area (Å²) in [5.41, 5.74) is 4.60. The van der Waals surface area contributed by atoms with Crippen LogP contribution in [0.4, 0.5) is 5.69 Å². The summed E-state index contributed by atoms with van der Waals surface area (Å²) in [5.74, 6) is -0.180. The highest BCUT2D eigenvalue weighted by atomic mass is 16.1. The van der Waals surface area contributed by atoms with E-state index in [0.29, 0.717) is 18.8 Å². The summed E-state index contributed by atoms with van der Waals surface area (Å²) in [4.78, 5) is 20.5. The van der Waals surface area contributed by atoms with Gasteiger partial charge in [0.15, 0.2) is 0 Å². The van der Waals surface area contributed by atoms with E-state index < -0.39 is 0 Å². The van der Waals surface area contributed by atoms with Crippen LogP contribution in [-0.4, -0.2) is 15.9 Å². The van der Waals surface area contributed by atoms with Crippen LogP contribution >= 0.6 is 0 Å². The first kappa shape index (κ1) is 16.6. The summed E-state index contributed by atoms with van der Waals surface area (Å²) >= 11 is 0. The van der Waals surface area contributed by atoms with E-state index in [1.54, 1.807) is 18.5 Å². The average Bonchev–Trinajstić information content (AvgIpc) is 2.66. The Hall–Kier alpha value is -3.21. The predicted octanol–water partition coefficient (Wildman–Crippen LogP) is 3.33. The van der Waals surface area contributed by atoms with E-state index in [1.165, 1.54) is 5.56 Å². The molecule has 3 rings (SSSR count). The van der Waals surface area contributed by atoms with Crippen LogP contribution in [0.15, 0.2) is 67.1 Å². The fraction of sp³-hybridized carbons (Fsp3) is 0.150. The number of rotatable bonds is 6. The molecule has 0 aliphatic heterocycles. The third kappa shape index (κ3) is 4.88. The standard InChI is InChI=1S/C20H20N4O/c1-15-4-2-5-16(10-15)12-24-20(25)19-8-7-18(14-23-19)22-13-17-6-3-9-21-11-17/h2-11,14,22H,12-13H2,1H3,(H,24,25). The quantitative estimate of drug-likeness (QED) is 0.726. The van der Waals surface area contributed by atoms with Crippen molar-refractivity contribution in [2.75, 3.05) is 5.32 Å². The second kappa shape index (κ2) is 8.06. The molecule has 0 spiro atoms. The van der Waals surface area contributed by atoms with Crippen LogP contribution in [0.3, 0.4) is 0 Å². The van der Waals surface area contributed by atoms with Crippen LogP contribution in [0.25, 0.3) is 0 Å². The lowest BCUT2D eigenvalue weighted by Crippen LogP contribution is -2.23. The SMILES string of the molecule is Cc1cccc(CNC(=O)c2ccc(NCc3cccnc3)cn2)c1. The van der Waals surface area contributed by atoms with Gasteiger partial charge >= 0.3 is 0 Å². The molecule has 2 aromatic heterocycles. The Bertz CT molecular complexity index is 832. The van der Waals surface area contributed by atoms with Gasteiger partial charge in [0, 0.05) is 25.5 Å². The van der Waals surface area contributed by atoms with Crippen molar-refractivity contribution >= 4 is 11.6 Å². The van der Waals surface area contributed by atoms with Crippen molar-refractivity contribution in [1.82, 2.24) is 15.3 Å². The van der Waals surface area contributed by atoms with Gasteiger partial charge in [-0.05, 0) is 36.2 Å². The monoisotopic (exact) mass is 332 g/mol. The van der Waals surface area contributed by atoms with Gasteiger partial charge in [-0.15, -0.1) is 0 Å². The first-order chi connectivity index (χ1) is 12.2. The molecule has 2 heterocycles. The van der Waals surface area contributed by atoms with Gasteiger partial charge in [-0.2, -0.15) is 0 Å². The molecule has 0 atom stereocenters. The van der Waals surface area contributed by atoms with Gasteiger partial charge in [0.1, 0.15) is 5.69 Å². The lowest BCUT2D eigenvalue weighted by molar-refractivity contribution is 0.0946. The van der Waals surface area contributed by atoms with Crippen LogP contribution < -0.4 is 10.6 Å². The number of benzene rings is 1. The number of amides is 1. The molecular weight excluding hydrogens is 312 g/mol. The normalized spacial score (nSPS) is 10.3. The van der Waals surface area contributed by atoms with E-state index in [0.717, 1.165) is 16.8 Å². The third-order valence-electron chi connectivity index (χ3n) is 3.75. The summed E-state index contributed by atoms with van der Waals surface area (Å²) in [6.45, 7) is 3.18. The molecule has 0 fully saturated rings. The van der Waals surface area contributed by atoms with E-state index in [9.17, 15) is 4.79 Å². The van der Waals surface area contributed by atoms with Gasteiger partial charge < -0.3 is 10.6 Å². The van der Waals surface area contributed by atoms with Crippen molar-refractivity contribution in [2.45, 2.75) is 20.0 Å². The third-order valence-corrected chi connectivity index (χ3v) is 3.75. The number of aromatic nitrogens is 2. The summed E-state index contributed by atoms with van der Waals surface area (Å²) in [6, 6.07) is 15.5. The van der Waals surface area contributed by atoms with Gasteiger partial charge in [-0.1, -0.05) is 35.9 Å². The highest BCUT2D eigenvalue weighted by Gasteiger charge is 2.07. The van der Waals surface area contributed by atoms with Crippen molar-refractivity contribution < 1.29 is 4.79 Å². The molecule has 0 aliphatic rings. The maximum absolute atomic E-state index is 12.2. The molecule has 126 valence electrons. The first-order valence-corrected chi connectivity index (χ1v) is 8.13. The largest absolute Gasteiger partial charge is 0.380 e. The number of nitrogens with one attached hydrogen (secondary N) is 2. The van der Waals surface area contributed by atoms with Crippen molar-refractivity contribution in [3.05, 3.63) is 89.5 Å². The number of aryl methyl sites for hydroxylation is 1. The molecule has 0 aliphatic carbocycles. The molecule has 0 radical (unpaired) electrons. The lowest BCUT2D eigenvalue weighted by Gasteiger charge is -2.08. The fourth-order valence-electron chi connectivity index (χ4n) is 2.43. The second-order valence-electron chi connectivity index (χ2n) is 5.82. The Morgan fingerprint density at radius 2 is 1.88 bits per heavy atom. The van der Waals surface area contributed by atoms with Gasteiger partial charge in [0.2, 0.25) is 0 Å². The molecule has 5 nitrogen and oxygen atoms in total. The number of hydrogen-bond donors (Lipinski definition) is 2. The van der Waals surface area contributed by atoms with Gasteiger partial charge in [0.05, 0.1) is 11.9 Å². The Labute approximate surface area is 147 Å². The number of anilines is 1. The van der Waals surface area contributed by atoms with E-state index in [4.69, 9.17) is 0 Å². The van der Waals surface area contributed by atoms with Crippen molar-refractivity contribution in [2.24, 2.45) is 0 Å². The van der Waals surface area contributed by atoms with Crippen LogP contribution in [0.2, 0.25) is 0 Å². The van der Waals surface area contributed by atoms with Gasteiger partial charge in [-0.25, -0.2) is 4.98 Å². The number of carbonyl (C=O) groups is 1. The Morgan fingerprint density at radius 3 is 2.60 bits per heavy atom. The Balaban J connectivity index is 1.53. The summed E-state index contributed by atoms with van der Waals surface area (Å²) in [6.07, 6.45) is 5.22.